The Bertz CT molecular complexity index is 961. The van der Waals surface area contributed by atoms with E-state index in [1.54, 1.807) is 18.3 Å². The molecular formula is C22H27Cl3N6O. The summed E-state index contributed by atoms with van der Waals surface area (Å²) < 4.78 is 0. The molecule has 2 aliphatic heterocycles. The van der Waals surface area contributed by atoms with Crippen LogP contribution in [0.5, 0.6) is 0 Å². The Kier molecular flexibility index (Phi) is 7.61. The lowest BCUT2D eigenvalue weighted by molar-refractivity contribution is -0.134. The molecular weight excluding hydrogens is 471 g/mol. The third kappa shape index (κ3) is 5.39. The van der Waals surface area contributed by atoms with E-state index < -0.39 is 0 Å². The lowest BCUT2D eigenvalue weighted by atomic mass is 10.0. The Morgan fingerprint density at radius 1 is 1.16 bits per heavy atom. The fourth-order valence-corrected chi connectivity index (χ4v) is 4.87. The van der Waals surface area contributed by atoms with Crippen molar-refractivity contribution in [1.82, 2.24) is 20.2 Å². The van der Waals surface area contributed by atoms with Crippen molar-refractivity contribution in [3.8, 4) is 0 Å². The molecule has 7 nitrogen and oxygen atoms in total. The van der Waals surface area contributed by atoms with Gasteiger partial charge in [-0.2, -0.15) is 4.98 Å². The largest absolute Gasteiger partial charge is 0.362 e. The summed E-state index contributed by atoms with van der Waals surface area (Å²) in [7, 11) is 0. The first-order chi connectivity index (χ1) is 15.4. The summed E-state index contributed by atoms with van der Waals surface area (Å²) in [5.41, 5.74) is 0.899. The molecule has 0 bridgehead atoms. The molecule has 0 unspecified atom stereocenters. The van der Waals surface area contributed by atoms with Gasteiger partial charge >= 0.3 is 0 Å². The second-order valence-electron chi connectivity index (χ2n) is 8.21. The number of carbonyl (C=O) groups excluding carboxylic acids is 1. The van der Waals surface area contributed by atoms with Crippen LogP contribution in [0.4, 0.5) is 11.8 Å². The summed E-state index contributed by atoms with van der Waals surface area (Å²) in [6.45, 7) is 5.57. The zero-order valence-corrected chi connectivity index (χ0v) is 20.2. The van der Waals surface area contributed by atoms with E-state index in [4.69, 9.17) is 34.8 Å². The van der Waals surface area contributed by atoms with E-state index in [2.05, 4.69) is 25.5 Å². The first-order valence-corrected chi connectivity index (χ1v) is 12.1. The van der Waals surface area contributed by atoms with E-state index in [1.165, 1.54) is 0 Å². The molecule has 1 aromatic carbocycles. The number of hydrogen-bond donors (Lipinski definition) is 2. The van der Waals surface area contributed by atoms with Gasteiger partial charge in [0.15, 0.2) is 5.82 Å². The average molecular weight is 498 g/mol. The highest BCUT2D eigenvalue weighted by Gasteiger charge is 2.29. The molecule has 10 heteroatoms. The number of rotatable bonds is 5. The predicted molar refractivity (Wildman–Crippen MR) is 130 cm³/mol. The Hall–Kier alpha value is -1.80. The van der Waals surface area contributed by atoms with E-state index in [0.717, 1.165) is 31.4 Å². The van der Waals surface area contributed by atoms with Gasteiger partial charge in [-0.1, -0.05) is 47.3 Å². The highest BCUT2D eigenvalue weighted by atomic mass is 35.5. The standard InChI is InChI=1S/C22H27Cl3N6O/c1-14(16-6-5-15(23)12-17(16)24)28-20-18(25)13-27-22(29-20)31-10-8-30(9-11-31)21(32)19-4-2-3-7-26-19/h5-6,12-14,19,26H,2-4,7-11H2,1H3,(H,27,28,29)/t14-,19-/m1/s1. The fourth-order valence-electron chi connectivity index (χ4n) is 4.16. The fraction of sp³-hybridized carbons (Fsp3) is 0.500. The number of carbonyl (C=O) groups is 1. The molecule has 2 aromatic rings. The second-order valence-corrected chi connectivity index (χ2v) is 9.46. The van der Waals surface area contributed by atoms with Crippen molar-refractivity contribution in [1.29, 1.82) is 0 Å². The van der Waals surface area contributed by atoms with Crippen LogP contribution >= 0.6 is 34.8 Å². The molecule has 0 saturated carbocycles. The quantitative estimate of drug-likeness (QED) is 0.638. The molecule has 172 valence electrons. The summed E-state index contributed by atoms with van der Waals surface area (Å²) in [6, 6.07) is 5.23. The average Bonchev–Trinajstić information content (AvgIpc) is 2.80. The summed E-state index contributed by atoms with van der Waals surface area (Å²) in [5, 5.41) is 8.27. The van der Waals surface area contributed by atoms with E-state index in [9.17, 15) is 4.79 Å². The minimum Gasteiger partial charge on any atom is -0.362 e. The number of nitrogens with zero attached hydrogens (tertiary/aromatic N) is 4. The van der Waals surface area contributed by atoms with Gasteiger partial charge in [-0.15, -0.1) is 0 Å². The minimum absolute atomic E-state index is 0.0425. The van der Waals surface area contributed by atoms with E-state index >= 15 is 0 Å². The molecule has 0 spiro atoms. The van der Waals surface area contributed by atoms with Crippen LogP contribution in [0.15, 0.2) is 24.4 Å². The molecule has 32 heavy (non-hydrogen) atoms. The van der Waals surface area contributed by atoms with Gasteiger partial charge in [0, 0.05) is 36.2 Å². The Balaban J connectivity index is 1.40. The normalized spacial score (nSPS) is 20.2. The minimum atomic E-state index is -0.127. The number of halogens is 3. The molecule has 2 aliphatic rings. The first-order valence-electron chi connectivity index (χ1n) is 10.9. The molecule has 0 aliphatic carbocycles. The van der Waals surface area contributed by atoms with Gasteiger partial charge in [0.1, 0.15) is 5.02 Å². The van der Waals surface area contributed by atoms with E-state index in [1.807, 2.05) is 17.9 Å². The number of hydrogen-bond acceptors (Lipinski definition) is 6. The summed E-state index contributed by atoms with van der Waals surface area (Å²) in [4.78, 5) is 25.9. The maximum Gasteiger partial charge on any atom is 0.239 e. The lowest BCUT2D eigenvalue weighted by Crippen LogP contribution is -2.55. The van der Waals surface area contributed by atoms with Crippen LogP contribution in [0.3, 0.4) is 0 Å². The van der Waals surface area contributed by atoms with Crippen molar-refractivity contribution >= 4 is 52.5 Å². The van der Waals surface area contributed by atoms with Crippen LogP contribution in [0.1, 0.15) is 37.8 Å². The highest BCUT2D eigenvalue weighted by Crippen LogP contribution is 2.30. The van der Waals surface area contributed by atoms with Crippen molar-refractivity contribution in [2.75, 3.05) is 42.9 Å². The van der Waals surface area contributed by atoms with Crippen molar-refractivity contribution in [2.45, 2.75) is 38.3 Å². The van der Waals surface area contributed by atoms with Gasteiger partial charge in [-0.25, -0.2) is 4.98 Å². The zero-order valence-electron chi connectivity index (χ0n) is 18.0. The molecule has 3 heterocycles. The topological polar surface area (TPSA) is 73.4 Å². The summed E-state index contributed by atoms with van der Waals surface area (Å²) >= 11 is 18.7. The smallest absolute Gasteiger partial charge is 0.239 e. The molecule has 1 aromatic heterocycles. The van der Waals surface area contributed by atoms with Crippen LogP contribution in [0.2, 0.25) is 15.1 Å². The number of piperidine rings is 1. The third-order valence-corrected chi connectivity index (χ3v) is 6.84. The second kappa shape index (κ2) is 10.4. The summed E-state index contributed by atoms with van der Waals surface area (Å²) in [6.07, 6.45) is 4.78. The van der Waals surface area contributed by atoms with E-state index in [0.29, 0.717) is 53.0 Å². The third-order valence-electron chi connectivity index (χ3n) is 6.00. The van der Waals surface area contributed by atoms with Gasteiger partial charge in [0.25, 0.3) is 0 Å². The number of aromatic nitrogens is 2. The van der Waals surface area contributed by atoms with Crippen LogP contribution in [0.25, 0.3) is 0 Å². The molecule has 1 amide bonds. The predicted octanol–water partition coefficient (Wildman–Crippen LogP) is 4.40. The monoisotopic (exact) mass is 496 g/mol. The molecule has 0 radical (unpaired) electrons. The maximum atomic E-state index is 12.8. The van der Waals surface area contributed by atoms with Gasteiger partial charge < -0.3 is 20.4 Å². The van der Waals surface area contributed by atoms with Crippen LogP contribution in [-0.2, 0) is 4.79 Å². The van der Waals surface area contributed by atoms with Crippen LogP contribution in [-0.4, -0.2) is 59.5 Å². The molecule has 4 rings (SSSR count). The molecule has 2 atom stereocenters. The Labute approximate surface area is 203 Å². The highest BCUT2D eigenvalue weighted by molar-refractivity contribution is 6.35. The Morgan fingerprint density at radius 2 is 1.94 bits per heavy atom. The summed E-state index contributed by atoms with van der Waals surface area (Å²) in [5.74, 6) is 1.34. The molecule has 2 N–H and O–H groups in total. The number of amides is 1. The van der Waals surface area contributed by atoms with Crippen molar-refractivity contribution < 1.29 is 4.79 Å². The molecule has 2 fully saturated rings. The van der Waals surface area contributed by atoms with Gasteiger partial charge in [0.05, 0.1) is 18.3 Å². The number of anilines is 2. The number of piperazine rings is 1. The number of benzene rings is 1. The SMILES string of the molecule is C[C@@H](Nc1nc(N2CCN(C(=O)[C@H]3CCCCN3)CC2)ncc1Cl)c1ccc(Cl)cc1Cl. The van der Waals surface area contributed by atoms with Crippen molar-refractivity contribution in [3.63, 3.8) is 0 Å². The van der Waals surface area contributed by atoms with E-state index in [-0.39, 0.29) is 18.0 Å². The van der Waals surface area contributed by atoms with Gasteiger partial charge in [-0.05, 0) is 44.0 Å². The van der Waals surface area contributed by atoms with Crippen LogP contribution < -0.4 is 15.5 Å². The van der Waals surface area contributed by atoms with Gasteiger partial charge in [-0.3, -0.25) is 4.79 Å². The van der Waals surface area contributed by atoms with Crippen LogP contribution in [0, 0.1) is 0 Å². The maximum absolute atomic E-state index is 12.8. The molecule has 2 saturated heterocycles. The Morgan fingerprint density at radius 3 is 2.62 bits per heavy atom. The van der Waals surface area contributed by atoms with Gasteiger partial charge in [0.2, 0.25) is 11.9 Å². The lowest BCUT2D eigenvalue weighted by Gasteiger charge is -2.37. The van der Waals surface area contributed by atoms with Crippen molar-refractivity contribution in [2.24, 2.45) is 0 Å². The zero-order chi connectivity index (χ0) is 22.7. The number of nitrogens with one attached hydrogen (secondary N) is 2. The first kappa shape index (κ1) is 23.4. The van der Waals surface area contributed by atoms with Crippen molar-refractivity contribution in [3.05, 3.63) is 45.0 Å².